The van der Waals surface area contributed by atoms with Gasteiger partial charge in [0.25, 0.3) is 0 Å². The molecule has 0 saturated heterocycles. The molecular weight excluding hydrogens is 517 g/mol. The molecule has 5 N–H and O–H groups in total. The predicted molar refractivity (Wildman–Crippen MR) is 142 cm³/mol. The maximum Gasteiger partial charge on any atom is 0.472 e. The Morgan fingerprint density at radius 1 is 0.921 bits per heavy atom. The Morgan fingerprint density at radius 2 is 1.50 bits per heavy atom. The highest BCUT2D eigenvalue weighted by atomic mass is 31.2. The van der Waals surface area contributed by atoms with E-state index in [0.717, 1.165) is 17.7 Å². The summed E-state index contributed by atoms with van der Waals surface area (Å²) in [6, 6.07) is 6.01. The minimum Gasteiger partial charge on any atom is -0.494 e. The SMILES string of the molecule is CCCCCCCCCCCOc1ccc(CCC(=O)OC[C@@H](O)COP(=O)(O)OC[C@H](N)C(=O)O)cc1. The maximum atomic E-state index is 11.9. The lowest BCUT2D eigenvalue weighted by Gasteiger charge is -2.16. The number of carboxylic acid groups (broad SMARTS) is 1. The van der Waals surface area contributed by atoms with E-state index in [1.807, 2.05) is 24.3 Å². The molecule has 0 aliphatic rings. The molecule has 0 radical (unpaired) electrons. The van der Waals surface area contributed by atoms with E-state index in [4.69, 9.17) is 20.3 Å². The van der Waals surface area contributed by atoms with Gasteiger partial charge in [0.15, 0.2) is 0 Å². The molecule has 0 amide bonds. The predicted octanol–water partition coefficient (Wildman–Crippen LogP) is 3.98. The summed E-state index contributed by atoms with van der Waals surface area (Å²) in [7, 11) is -4.62. The second-order valence-corrected chi connectivity index (χ2v) is 10.6. The molecule has 0 bridgehead atoms. The first kappa shape index (κ1) is 34.0. The zero-order valence-electron chi connectivity index (χ0n) is 22.3. The van der Waals surface area contributed by atoms with Crippen molar-refractivity contribution in [2.75, 3.05) is 26.4 Å². The van der Waals surface area contributed by atoms with Crippen molar-refractivity contribution < 1.29 is 47.8 Å². The number of benzene rings is 1. The highest BCUT2D eigenvalue weighted by Crippen LogP contribution is 2.43. The third-order valence-electron chi connectivity index (χ3n) is 5.66. The van der Waals surface area contributed by atoms with Crippen molar-refractivity contribution in [1.29, 1.82) is 0 Å². The van der Waals surface area contributed by atoms with Crippen molar-refractivity contribution in [1.82, 2.24) is 0 Å². The van der Waals surface area contributed by atoms with Gasteiger partial charge < -0.3 is 30.3 Å². The smallest absolute Gasteiger partial charge is 0.472 e. The van der Waals surface area contributed by atoms with Crippen LogP contribution in [0.5, 0.6) is 5.75 Å². The van der Waals surface area contributed by atoms with Crippen LogP contribution in [0.15, 0.2) is 24.3 Å². The number of nitrogens with two attached hydrogens (primary N) is 1. The Labute approximate surface area is 225 Å². The summed E-state index contributed by atoms with van der Waals surface area (Å²) >= 11 is 0. The quantitative estimate of drug-likeness (QED) is 0.0864. The number of aliphatic hydroxyl groups is 1. The van der Waals surface area contributed by atoms with Crippen LogP contribution < -0.4 is 10.5 Å². The molecule has 0 saturated carbocycles. The van der Waals surface area contributed by atoms with Gasteiger partial charge in [0, 0.05) is 6.42 Å². The number of unbranched alkanes of at least 4 members (excludes halogenated alkanes) is 8. The number of phosphoric ester groups is 1. The largest absolute Gasteiger partial charge is 0.494 e. The molecule has 0 aromatic heterocycles. The van der Waals surface area contributed by atoms with Crippen molar-refractivity contribution in [3.63, 3.8) is 0 Å². The van der Waals surface area contributed by atoms with Gasteiger partial charge in [-0.05, 0) is 30.5 Å². The number of aliphatic carboxylic acids is 1. The lowest BCUT2D eigenvalue weighted by atomic mass is 10.1. The van der Waals surface area contributed by atoms with Crippen LogP contribution in [-0.4, -0.2) is 65.6 Å². The zero-order chi connectivity index (χ0) is 28.2. The van der Waals surface area contributed by atoms with Gasteiger partial charge >= 0.3 is 19.8 Å². The Kier molecular flexibility index (Phi) is 17.9. The van der Waals surface area contributed by atoms with Gasteiger partial charge in [0.2, 0.25) is 0 Å². The van der Waals surface area contributed by atoms with Gasteiger partial charge in [-0.25, -0.2) is 4.57 Å². The molecule has 0 heterocycles. The Hall–Kier alpha value is -2.01. The maximum absolute atomic E-state index is 11.9. The summed E-state index contributed by atoms with van der Waals surface area (Å²) in [6.07, 6.45) is 10.5. The lowest BCUT2D eigenvalue weighted by Crippen LogP contribution is -2.34. The van der Waals surface area contributed by atoms with Crippen LogP contribution in [0.25, 0.3) is 0 Å². The second kappa shape index (κ2) is 20.0. The summed E-state index contributed by atoms with van der Waals surface area (Å²) in [6.45, 7) is 1.05. The van der Waals surface area contributed by atoms with E-state index in [-0.39, 0.29) is 6.42 Å². The second-order valence-electron chi connectivity index (χ2n) is 9.16. The van der Waals surface area contributed by atoms with Gasteiger partial charge in [-0.1, -0.05) is 70.4 Å². The third-order valence-corrected chi connectivity index (χ3v) is 6.61. The molecule has 0 spiro atoms. The summed E-state index contributed by atoms with van der Waals surface area (Å²) < 4.78 is 31.4. The van der Waals surface area contributed by atoms with Crippen molar-refractivity contribution in [3.05, 3.63) is 29.8 Å². The topological polar surface area (TPSA) is 175 Å². The molecule has 11 nitrogen and oxygen atoms in total. The van der Waals surface area contributed by atoms with Crippen LogP contribution in [0.1, 0.15) is 76.7 Å². The van der Waals surface area contributed by atoms with Gasteiger partial charge in [0.1, 0.15) is 24.5 Å². The van der Waals surface area contributed by atoms with Crippen LogP contribution in [0.4, 0.5) is 0 Å². The van der Waals surface area contributed by atoms with Crippen LogP contribution in [-0.2, 0) is 34.4 Å². The van der Waals surface area contributed by atoms with E-state index in [2.05, 4.69) is 16.0 Å². The van der Waals surface area contributed by atoms with Crippen molar-refractivity contribution in [3.8, 4) is 5.75 Å². The number of carbonyl (C=O) groups excluding carboxylic acids is 1. The summed E-state index contributed by atoms with van der Waals surface area (Å²) in [4.78, 5) is 32.0. The molecule has 38 heavy (non-hydrogen) atoms. The molecule has 1 unspecified atom stereocenters. The normalized spacial score (nSPS) is 14.4. The summed E-state index contributed by atoms with van der Waals surface area (Å²) in [5, 5.41) is 18.4. The fourth-order valence-corrected chi connectivity index (χ4v) is 4.16. The van der Waals surface area contributed by atoms with Gasteiger partial charge in [0.05, 0.1) is 19.8 Å². The molecule has 1 aromatic carbocycles. The van der Waals surface area contributed by atoms with Crippen molar-refractivity contribution in [2.24, 2.45) is 5.73 Å². The number of hydrogen-bond donors (Lipinski definition) is 4. The highest BCUT2D eigenvalue weighted by Gasteiger charge is 2.26. The van der Waals surface area contributed by atoms with Crippen LogP contribution in [0.2, 0.25) is 0 Å². The highest BCUT2D eigenvalue weighted by molar-refractivity contribution is 7.47. The zero-order valence-corrected chi connectivity index (χ0v) is 23.2. The third kappa shape index (κ3) is 17.5. The van der Waals surface area contributed by atoms with Crippen molar-refractivity contribution in [2.45, 2.75) is 89.7 Å². The van der Waals surface area contributed by atoms with Crippen LogP contribution in [0.3, 0.4) is 0 Å². The molecule has 0 aliphatic carbocycles. The lowest BCUT2D eigenvalue weighted by molar-refractivity contribution is -0.147. The molecule has 3 atom stereocenters. The van der Waals surface area contributed by atoms with Crippen molar-refractivity contribution >= 4 is 19.8 Å². The number of esters is 1. The molecule has 1 aromatic rings. The molecule has 0 aliphatic heterocycles. The Bertz CT molecular complexity index is 836. The summed E-state index contributed by atoms with van der Waals surface area (Å²) in [5.74, 6) is -1.18. The van der Waals surface area contributed by atoms with Crippen LogP contribution >= 0.6 is 7.82 Å². The van der Waals surface area contributed by atoms with E-state index in [0.29, 0.717) is 13.0 Å². The monoisotopic (exact) mass is 561 g/mol. The molecular formula is C26H44NO10P. The van der Waals surface area contributed by atoms with E-state index in [9.17, 15) is 24.2 Å². The molecule has 1 rings (SSSR count). The van der Waals surface area contributed by atoms with Gasteiger partial charge in [-0.2, -0.15) is 0 Å². The minimum atomic E-state index is -4.62. The number of carboxylic acids is 1. The minimum absolute atomic E-state index is 0.0842. The number of carbonyl (C=O) groups is 2. The average molecular weight is 562 g/mol. The number of rotatable bonds is 23. The van der Waals surface area contributed by atoms with E-state index in [1.54, 1.807) is 0 Å². The van der Waals surface area contributed by atoms with Crippen LogP contribution in [0, 0.1) is 0 Å². The molecule has 0 fully saturated rings. The van der Waals surface area contributed by atoms with E-state index in [1.165, 1.54) is 51.4 Å². The number of hydrogen-bond acceptors (Lipinski definition) is 9. The Morgan fingerprint density at radius 3 is 2.11 bits per heavy atom. The number of phosphoric acid groups is 1. The Balaban J connectivity index is 2.14. The standard InChI is InChI=1S/C26H44NO10P/c1-2-3-4-5-6-7-8-9-10-17-34-23-14-11-21(12-15-23)13-16-25(29)35-18-22(28)19-36-38(32,33)37-20-24(27)26(30)31/h11-12,14-15,22,24,28H,2-10,13,16-20,27H2,1H3,(H,30,31)(H,32,33)/t22-,24+/m1/s1. The van der Waals surface area contributed by atoms with E-state index >= 15 is 0 Å². The number of aliphatic hydroxyl groups excluding tert-OH is 1. The molecule has 12 heteroatoms. The number of aryl methyl sites for hydroxylation is 1. The first-order valence-corrected chi connectivity index (χ1v) is 14.8. The first-order valence-electron chi connectivity index (χ1n) is 13.3. The number of ether oxygens (including phenoxy) is 2. The van der Waals surface area contributed by atoms with Gasteiger partial charge in [-0.3, -0.25) is 18.6 Å². The fraction of sp³-hybridized carbons (Fsp3) is 0.692. The average Bonchev–Trinajstić information content (AvgIpc) is 2.90. The van der Waals surface area contributed by atoms with E-state index < -0.39 is 51.7 Å². The fourth-order valence-electron chi connectivity index (χ4n) is 3.37. The summed E-state index contributed by atoms with van der Waals surface area (Å²) in [5.41, 5.74) is 6.09. The molecule has 218 valence electrons. The van der Waals surface area contributed by atoms with Gasteiger partial charge in [-0.15, -0.1) is 0 Å². The first-order chi connectivity index (χ1) is 18.1.